The van der Waals surface area contributed by atoms with Crippen molar-refractivity contribution in [1.82, 2.24) is 15.5 Å². The summed E-state index contributed by atoms with van der Waals surface area (Å²) in [6.07, 6.45) is 0. The van der Waals surface area contributed by atoms with Gasteiger partial charge in [0.15, 0.2) is 0 Å². The first kappa shape index (κ1) is 19.7. The monoisotopic (exact) mass is 303 g/mol. The SMILES string of the molecule is CCN(CC)CCNC(=O)C1CSCN1.Cl.Cl. The number of nitrogens with zero attached hydrogens (tertiary/aromatic N) is 1. The first-order valence-electron chi connectivity index (χ1n) is 5.59. The molecule has 17 heavy (non-hydrogen) atoms. The molecule has 0 radical (unpaired) electrons. The Morgan fingerprint density at radius 1 is 1.41 bits per heavy atom. The summed E-state index contributed by atoms with van der Waals surface area (Å²) < 4.78 is 0. The van der Waals surface area contributed by atoms with E-state index in [1.54, 1.807) is 11.8 Å². The smallest absolute Gasteiger partial charge is 0.238 e. The zero-order valence-corrected chi connectivity index (χ0v) is 12.8. The molecule has 0 aliphatic carbocycles. The van der Waals surface area contributed by atoms with Gasteiger partial charge in [-0.25, -0.2) is 0 Å². The van der Waals surface area contributed by atoms with Gasteiger partial charge in [-0.05, 0) is 13.1 Å². The van der Waals surface area contributed by atoms with Crippen LogP contribution in [0.5, 0.6) is 0 Å². The maximum atomic E-state index is 11.6. The number of thioether (sulfide) groups is 1. The Kier molecular flexibility index (Phi) is 13.2. The van der Waals surface area contributed by atoms with Gasteiger partial charge in [0, 0.05) is 24.7 Å². The van der Waals surface area contributed by atoms with Crippen molar-refractivity contribution in [3.8, 4) is 0 Å². The molecule has 1 amide bonds. The Labute approximate surface area is 120 Å². The van der Waals surface area contributed by atoms with Crippen LogP contribution in [0.4, 0.5) is 0 Å². The number of hydrogen-bond acceptors (Lipinski definition) is 4. The number of nitrogens with one attached hydrogen (secondary N) is 2. The number of hydrogen-bond donors (Lipinski definition) is 2. The van der Waals surface area contributed by atoms with Gasteiger partial charge in [0.1, 0.15) is 0 Å². The van der Waals surface area contributed by atoms with Crippen LogP contribution in [-0.2, 0) is 4.79 Å². The maximum Gasteiger partial charge on any atom is 0.238 e. The Morgan fingerprint density at radius 3 is 2.53 bits per heavy atom. The highest BCUT2D eigenvalue weighted by molar-refractivity contribution is 7.99. The molecule has 1 aliphatic rings. The number of halogens is 2. The fourth-order valence-electron chi connectivity index (χ4n) is 1.56. The van der Waals surface area contributed by atoms with Crippen LogP contribution in [0.15, 0.2) is 0 Å². The Morgan fingerprint density at radius 2 is 2.06 bits per heavy atom. The van der Waals surface area contributed by atoms with E-state index in [1.165, 1.54) is 0 Å². The molecule has 0 aromatic rings. The second kappa shape index (κ2) is 11.4. The molecule has 1 heterocycles. The quantitative estimate of drug-likeness (QED) is 0.767. The van der Waals surface area contributed by atoms with Gasteiger partial charge in [0.05, 0.1) is 6.04 Å². The van der Waals surface area contributed by atoms with E-state index in [4.69, 9.17) is 0 Å². The van der Waals surface area contributed by atoms with Crippen LogP contribution in [-0.4, -0.2) is 54.7 Å². The summed E-state index contributed by atoms with van der Waals surface area (Å²) in [7, 11) is 0. The highest BCUT2D eigenvalue weighted by Crippen LogP contribution is 2.08. The average Bonchev–Trinajstić information content (AvgIpc) is 2.77. The predicted octanol–water partition coefficient (Wildman–Crippen LogP) is 0.950. The third kappa shape index (κ3) is 7.36. The van der Waals surface area contributed by atoms with Crippen LogP contribution in [0.2, 0.25) is 0 Å². The van der Waals surface area contributed by atoms with Gasteiger partial charge < -0.3 is 10.2 Å². The van der Waals surface area contributed by atoms with Crippen LogP contribution in [0.3, 0.4) is 0 Å². The normalized spacial score (nSPS) is 18.4. The van der Waals surface area contributed by atoms with Crippen molar-refractivity contribution >= 4 is 42.5 Å². The molecule has 4 nitrogen and oxygen atoms in total. The van der Waals surface area contributed by atoms with E-state index in [1.807, 2.05) is 0 Å². The summed E-state index contributed by atoms with van der Waals surface area (Å²) in [6, 6.07) is 0.0201. The molecule has 0 aromatic heterocycles. The van der Waals surface area contributed by atoms with E-state index >= 15 is 0 Å². The van der Waals surface area contributed by atoms with Gasteiger partial charge >= 0.3 is 0 Å². The number of amides is 1. The van der Waals surface area contributed by atoms with Crippen LogP contribution in [0, 0.1) is 0 Å². The molecule has 0 saturated carbocycles. The van der Waals surface area contributed by atoms with E-state index < -0.39 is 0 Å². The second-order valence-electron chi connectivity index (χ2n) is 3.59. The van der Waals surface area contributed by atoms with Crippen molar-refractivity contribution in [3.05, 3.63) is 0 Å². The molecule has 1 atom stereocenters. The molecule has 1 aliphatic heterocycles. The number of likely N-dealkylation sites (N-methyl/N-ethyl adjacent to an activating group) is 1. The van der Waals surface area contributed by atoms with Gasteiger partial charge in [-0.2, -0.15) is 0 Å². The van der Waals surface area contributed by atoms with Crippen molar-refractivity contribution in [3.63, 3.8) is 0 Å². The molecule has 1 fully saturated rings. The minimum Gasteiger partial charge on any atom is -0.353 e. The maximum absolute atomic E-state index is 11.6. The molecule has 0 aromatic carbocycles. The van der Waals surface area contributed by atoms with E-state index in [9.17, 15) is 4.79 Å². The lowest BCUT2D eigenvalue weighted by Gasteiger charge is -2.18. The number of carbonyl (C=O) groups is 1. The molecule has 0 bridgehead atoms. The third-order valence-corrected chi connectivity index (χ3v) is 3.59. The summed E-state index contributed by atoms with van der Waals surface area (Å²) >= 11 is 1.78. The molecular weight excluding hydrogens is 281 g/mol. The number of rotatable bonds is 6. The standard InChI is InChI=1S/C10H21N3OS.2ClH/c1-3-13(4-2)6-5-11-10(14)9-7-15-8-12-9;;/h9,12H,3-8H2,1-2H3,(H,11,14);2*1H. The molecular formula is C10H23Cl2N3OS. The van der Waals surface area contributed by atoms with Crippen LogP contribution < -0.4 is 10.6 Å². The molecule has 2 N–H and O–H groups in total. The lowest BCUT2D eigenvalue weighted by atomic mass is 10.3. The van der Waals surface area contributed by atoms with Crippen molar-refractivity contribution < 1.29 is 4.79 Å². The molecule has 7 heteroatoms. The van der Waals surface area contributed by atoms with Crippen molar-refractivity contribution in [1.29, 1.82) is 0 Å². The molecule has 104 valence electrons. The topological polar surface area (TPSA) is 44.4 Å². The highest BCUT2D eigenvalue weighted by atomic mass is 35.5. The summed E-state index contributed by atoms with van der Waals surface area (Å²) in [6.45, 7) is 8.07. The zero-order valence-electron chi connectivity index (χ0n) is 10.4. The Hall–Kier alpha value is 0.320. The van der Waals surface area contributed by atoms with Crippen molar-refractivity contribution in [2.75, 3.05) is 37.8 Å². The van der Waals surface area contributed by atoms with Crippen molar-refractivity contribution in [2.24, 2.45) is 0 Å². The van der Waals surface area contributed by atoms with Crippen LogP contribution in [0.25, 0.3) is 0 Å². The second-order valence-corrected chi connectivity index (χ2v) is 4.62. The summed E-state index contributed by atoms with van der Waals surface area (Å²) in [5, 5.41) is 6.13. The van der Waals surface area contributed by atoms with Gasteiger partial charge in [-0.3, -0.25) is 10.1 Å². The van der Waals surface area contributed by atoms with E-state index in [-0.39, 0.29) is 36.8 Å². The lowest BCUT2D eigenvalue weighted by molar-refractivity contribution is -0.122. The summed E-state index contributed by atoms with van der Waals surface area (Å²) in [5.41, 5.74) is 0. The van der Waals surface area contributed by atoms with Crippen LogP contribution in [0.1, 0.15) is 13.8 Å². The van der Waals surface area contributed by atoms with Gasteiger partial charge in [-0.1, -0.05) is 13.8 Å². The first-order valence-corrected chi connectivity index (χ1v) is 6.74. The van der Waals surface area contributed by atoms with Gasteiger partial charge in [0.25, 0.3) is 0 Å². The third-order valence-electron chi connectivity index (χ3n) is 2.65. The van der Waals surface area contributed by atoms with Gasteiger partial charge in [0.2, 0.25) is 5.91 Å². The largest absolute Gasteiger partial charge is 0.353 e. The molecule has 1 saturated heterocycles. The fraction of sp³-hybridized carbons (Fsp3) is 0.900. The minimum absolute atomic E-state index is 0. The molecule has 0 spiro atoms. The highest BCUT2D eigenvalue weighted by Gasteiger charge is 2.21. The first-order chi connectivity index (χ1) is 7.27. The molecule has 1 unspecified atom stereocenters. The number of carbonyl (C=O) groups excluding carboxylic acids is 1. The van der Waals surface area contributed by atoms with E-state index in [0.717, 1.165) is 37.8 Å². The molecule has 1 rings (SSSR count). The predicted molar refractivity (Wildman–Crippen MR) is 79.5 cm³/mol. The van der Waals surface area contributed by atoms with Crippen molar-refractivity contribution in [2.45, 2.75) is 19.9 Å². The lowest BCUT2D eigenvalue weighted by Crippen LogP contribution is -2.44. The van der Waals surface area contributed by atoms with E-state index in [0.29, 0.717) is 0 Å². The average molecular weight is 304 g/mol. The Bertz CT molecular complexity index is 200. The Balaban J connectivity index is 0. The summed E-state index contributed by atoms with van der Waals surface area (Å²) in [4.78, 5) is 13.9. The minimum atomic E-state index is 0. The summed E-state index contributed by atoms with van der Waals surface area (Å²) in [5.74, 6) is 1.94. The van der Waals surface area contributed by atoms with E-state index in [2.05, 4.69) is 29.4 Å². The zero-order chi connectivity index (χ0) is 11.1. The fourth-order valence-corrected chi connectivity index (χ4v) is 2.51. The van der Waals surface area contributed by atoms with Gasteiger partial charge in [-0.15, -0.1) is 36.6 Å². The van der Waals surface area contributed by atoms with Crippen LogP contribution >= 0.6 is 36.6 Å².